The van der Waals surface area contributed by atoms with Crippen molar-refractivity contribution in [3.8, 4) is 0 Å². The van der Waals surface area contributed by atoms with Crippen LogP contribution in [0.5, 0.6) is 0 Å². The largest absolute Gasteiger partial charge is 0.294 e. The van der Waals surface area contributed by atoms with Gasteiger partial charge in [0.05, 0.1) is 15.9 Å². The molecule has 0 saturated heterocycles. The van der Waals surface area contributed by atoms with Crippen molar-refractivity contribution < 1.29 is 9.72 Å². The zero-order valence-corrected chi connectivity index (χ0v) is 12.8. The van der Waals surface area contributed by atoms with Crippen LogP contribution < -0.4 is 0 Å². The quantitative estimate of drug-likeness (QED) is 0.282. The van der Waals surface area contributed by atoms with Gasteiger partial charge in [-0.25, -0.2) is 0 Å². The molecule has 0 saturated carbocycles. The topological polar surface area (TPSA) is 60.2 Å². The average molecular weight is 315 g/mol. The molecule has 0 N–H and O–H groups in total. The molecule has 0 aromatic heterocycles. The van der Waals surface area contributed by atoms with Crippen molar-refractivity contribution in [2.45, 2.75) is 19.3 Å². The van der Waals surface area contributed by atoms with Crippen LogP contribution in [0.2, 0.25) is 0 Å². The predicted octanol–water partition coefficient (Wildman–Crippen LogP) is 5.01. The van der Waals surface area contributed by atoms with Crippen molar-refractivity contribution in [1.29, 1.82) is 0 Å². The van der Waals surface area contributed by atoms with Gasteiger partial charge >= 0.3 is 0 Å². The first-order chi connectivity index (χ1) is 11.7. The van der Waals surface area contributed by atoms with E-state index in [-0.39, 0.29) is 16.4 Å². The molecule has 0 heterocycles. The Morgan fingerprint density at radius 3 is 2.29 bits per heavy atom. The van der Waals surface area contributed by atoms with Gasteiger partial charge in [-0.15, -0.1) is 0 Å². The maximum Gasteiger partial charge on any atom is 0.288 e. The molecule has 4 aromatic rings. The first-order valence-corrected chi connectivity index (χ1v) is 8.07. The number of ketones is 1. The molecule has 4 nitrogen and oxygen atoms in total. The molecule has 0 spiro atoms. The number of fused-ring (bicyclic) bond motifs is 2. The smallest absolute Gasteiger partial charge is 0.288 e. The maximum absolute atomic E-state index is 12.5. The summed E-state index contributed by atoms with van der Waals surface area (Å²) in [5, 5.41) is 17.5. The van der Waals surface area contributed by atoms with E-state index in [4.69, 9.17) is 0 Å². The minimum Gasteiger partial charge on any atom is -0.294 e. The van der Waals surface area contributed by atoms with E-state index in [9.17, 15) is 14.9 Å². The number of hydrogen-bond donors (Lipinski definition) is 0. The number of rotatable bonds is 1. The minimum absolute atomic E-state index is 0.0135. The lowest BCUT2D eigenvalue weighted by atomic mass is 9.82. The van der Waals surface area contributed by atoms with Gasteiger partial charge in [-0.2, -0.15) is 0 Å². The molecule has 0 radical (unpaired) electrons. The molecule has 0 amide bonds. The molecule has 0 aliphatic heterocycles. The van der Waals surface area contributed by atoms with Crippen molar-refractivity contribution in [3.63, 3.8) is 0 Å². The lowest BCUT2D eigenvalue weighted by Gasteiger charge is -2.20. The average Bonchev–Trinajstić information content (AvgIpc) is 2.59. The van der Waals surface area contributed by atoms with Gasteiger partial charge in [0.2, 0.25) is 0 Å². The van der Waals surface area contributed by atoms with Crippen molar-refractivity contribution in [2.75, 3.05) is 0 Å². The lowest BCUT2D eigenvalue weighted by molar-refractivity contribution is -0.383. The third kappa shape index (κ3) is 1.55. The Bertz CT molecular complexity index is 1160. The number of benzene rings is 4. The van der Waals surface area contributed by atoms with E-state index in [0.717, 1.165) is 45.3 Å². The summed E-state index contributed by atoms with van der Waals surface area (Å²) in [5.41, 5.74) is 1.17. The Hall–Kier alpha value is -3.01. The van der Waals surface area contributed by atoms with Crippen molar-refractivity contribution in [2.24, 2.45) is 0 Å². The Kier molecular flexibility index (Phi) is 2.52. The Balaban J connectivity index is 2.14. The summed E-state index contributed by atoms with van der Waals surface area (Å²) in [7, 11) is 0. The van der Waals surface area contributed by atoms with Gasteiger partial charge < -0.3 is 0 Å². The first kappa shape index (κ1) is 13.4. The fourth-order valence-corrected chi connectivity index (χ4v) is 4.24. The highest BCUT2D eigenvalue weighted by Crippen LogP contribution is 2.44. The first-order valence-electron chi connectivity index (χ1n) is 8.07. The Labute approximate surface area is 137 Å². The van der Waals surface area contributed by atoms with Crippen LogP contribution in [-0.4, -0.2) is 10.7 Å². The second-order valence-corrected chi connectivity index (χ2v) is 6.42. The summed E-state index contributed by atoms with van der Waals surface area (Å²) in [5.74, 6) is -0.103. The molecular weight excluding hydrogens is 302 g/mol. The molecule has 1 aliphatic rings. The lowest BCUT2D eigenvalue weighted by Crippen LogP contribution is -2.14. The van der Waals surface area contributed by atoms with Gasteiger partial charge in [-0.05, 0) is 46.0 Å². The van der Waals surface area contributed by atoms with Crippen LogP contribution >= 0.6 is 0 Å². The highest BCUT2D eigenvalue weighted by Gasteiger charge is 2.32. The summed E-state index contributed by atoms with van der Waals surface area (Å²) in [4.78, 5) is 23.9. The van der Waals surface area contributed by atoms with E-state index >= 15 is 0 Å². The Morgan fingerprint density at radius 1 is 0.875 bits per heavy atom. The van der Waals surface area contributed by atoms with Crippen molar-refractivity contribution >= 4 is 43.8 Å². The molecule has 0 atom stereocenters. The van der Waals surface area contributed by atoms with Gasteiger partial charge in [-0.3, -0.25) is 14.9 Å². The van der Waals surface area contributed by atoms with Crippen LogP contribution in [0.25, 0.3) is 32.3 Å². The summed E-state index contributed by atoms with van der Waals surface area (Å²) < 4.78 is 0. The molecule has 4 aromatic carbocycles. The number of nitro benzene ring substituents is 1. The van der Waals surface area contributed by atoms with E-state index in [0.29, 0.717) is 17.4 Å². The number of aryl methyl sites for hydroxylation is 1. The molecule has 5 rings (SSSR count). The maximum atomic E-state index is 12.5. The highest BCUT2D eigenvalue weighted by molar-refractivity contribution is 6.28. The third-order valence-electron chi connectivity index (χ3n) is 5.19. The zero-order valence-electron chi connectivity index (χ0n) is 12.8. The molecule has 0 bridgehead atoms. The Morgan fingerprint density at radius 2 is 1.58 bits per heavy atom. The molecule has 0 fully saturated rings. The van der Waals surface area contributed by atoms with Crippen molar-refractivity contribution in [1.82, 2.24) is 0 Å². The predicted molar refractivity (Wildman–Crippen MR) is 94.1 cm³/mol. The number of hydrogen-bond acceptors (Lipinski definition) is 3. The third-order valence-corrected chi connectivity index (χ3v) is 5.19. The van der Waals surface area contributed by atoms with E-state index in [1.807, 2.05) is 30.3 Å². The highest BCUT2D eigenvalue weighted by atomic mass is 16.6. The number of carbonyl (C=O) groups excluding carboxylic acids is 1. The van der Waals surface area contributed by atoms with E-state index in [2.05, 4.69) is 6.07 Å². The van der Waals surface area contributed by atoms with E-state index in [1.165, 1.54) is 0 Å². The second-order valence-electron chi connectivity index (χ2n) is 6.42. The van der Waals surface area contributed by atoms with Crippen LogP contribution in [0.4, 0.5) is 5.69 Å². The van der Waals surface area contributed by atoms with Gasteiger partial charge in [0.15, 0.2) is 5.78 Å². The van der Waals surface area contributed by atoms with Crippen LogP contribution in [0, 0.1) is 10.1 Å². The number of nitrogens with zero attached hydrogens (tertiary/aromatic N) is 1. The summed E-state index contributed by atoms with van der Waals surface area (Å²) in [6.45, 7) is 0. The fraction of sp³-hybridized carbons (Fsp3) is 0.150. The van der Waals surface area contributed by atoms with Gasteiger partial charge in [0.25, 0.3) is 5.69 Å². The molecule has 0 unspecified atom stereocenters. The molecule has 24 heavy (non-hydrogen) atoms. The minimum atomic E-state index is -0.381. The molecule has 116 valence electrons. The van der Waals surface area contributed by atoms with Gasteiger partial charge in [-0.1, -0.05) is 36.4 Å². The number of nitro groups is 1. The van der Waals surface area contributed by atoms with Crippen LogP contribution in [0.1, 0.15) is 28.8 Å². The van der Waals surface area contributed by atoms with E-state index in [1.54, 1.807) is 6.07 Å². The standard InChI is InChI=1S/C20H13NO3/c22-16-6-2-5-13-14-9-7-11-3-1-4-12-8-10-15(18(14)17(11)12)20(19(13)16)21(23)24/h1,3-4,7-10H,2,5-6H2. The normalized spacial score (nSPS) is 14.6. The van der Waals surface area contributed by atoms with Gasteiger partial charge in [0, 0.05) is 11.8 Å². The zero-order chi connectivity index (χ0) is 16.4. The summed E-state index contributed by atoms with van der Waals surface area (Å²) in [6.07, 6.45) is 1.87. The SMILES string of the molecule is O=C1CCCc2c1c([N+](=O)[O-])c1ccc3cccc4ccc2c1c43. The summed E-state index contributed by atoms with van der Waals surface area (Å²) in [6, 6.07) is 13.8. The van der Waals surface area contributed by atoms with Crippen LogP contribution in [0.15, 0.2) is 42.5 Å². The van der Waals surface area contributed by atoms with Crippen LogP contribution in [-0.2, 0) is 6.42 Å². The second kappa shape index (κ2) is 4.51. The molecular formula is C20H13NO3. The molecule has 4 heteroatoms. The van der Waals surface area contributed by atoms with E-state index < -0.39 is 0 Å². The number of Topliss-reactive ketones (excluding diaryl/α,β-unsaturated/α-hetero) is 1. The van der Waals surface area contributed by atoms with Crippen molar-refractivity contribution in [3.05, 3.63) is 63.7 Å². The molecule has 1 aliphatic carbocycles. The van der Waals surface area contributed by atoms with Crippen LogP contribution in [0.3, 0.4) is 0 Å². The monoisotopic (exact) mass is 315 g/mol. The fourth-order valence-electron chi connectivity index (χ4n) is 4.24. The summed E-state index contributed by atoms with van der Waals surface area (Å²) >= 11 is 0. The van der Waals surface area contributed by atoms with Gasteiger partial charge in [0.1, 0.15) is 0 Å². The number of carbonyl (C=O) groups is 1.